The van der Waals surface area contributed by atoms with E-state index in [9.17, 15) is 0 Å². The average Bonchev–Trinajstić information content (AvgIpc) is 1.00. The molecule has 4 heavy (non-hydrogen) atoms. The molecule has 0 aliphatic carbocycles. The van der Waals surface area contributed by atoms with Gasteiger partial charge in [0.2, 0.25) is 0 Å². The van der Waals surface area contributed by atoms with Gasteiger partial charge in [-0.2, -0.15) is 0 Å². The Hall–Kier alpha value is 0.396. The van der Waals surface area contributed by atoms with Gasteiger partial charge < -0.3 is 13.8 Å². The second kappa shape index (κ2) is 124. The van der Waals surface area contributed by atoms with Crippen molar-refractivity contribution in [3.63, 3.8) is 0 Å². The molecule has 0 aromatic carbocycles. The van der Waals surface area contributed by atoms with Crippen molar-refractivity contribution in [3.05, 3.63) is 0 Å². The monoisotopic (exact) mass is 73.0 g/mol. The van der Waals surface area contributed by atoms with Gasteiger partial charge in [0.25, 0.3) is 0 Å². The summed E-state index contributed by atoms with van der Waals surface area (Å²) in [5.41, 5.74) is 0. The molecular weight excluding hydrogens is 66.3 g/mol. The number of carbonyl (C=O) groups is 1. The van der Waals surface area contributed by atoms with Gasteiger partial charge in [-0.25, -0.2) is 0 Å². The summed E-state index contributed by atoms with van der Waals surface area (Å²) in [5.74, 6) is 0. The van der Waals surface area contributed by atoms with Crippen LogP contribution in [0.2, 0.25) is 0 Å². The van der Waals surface area contributed by atoms with Crippen molar-refractivity contribution in [2.24, 2.45) is 0 Å². The largest absolute Gasteiger partial charge is 2.00 e. The third-order valence-corrected chi connectivity index (χ3v) is 0. The summed E-state index contributed by atoms with van der Waals surface area (Å²) in [5, 5.41) is 0. The van der Waals surface area contributed by atoms with Gasteiger partial charge >= 0.3 is 23.1 Å². The number of rotatable bonds is 0. The molecule has 0 spiro atoms. The minimum absolute atomic E-state index is 0. The molecule has 0 saturated heterocycles. The first-order valence-electron chi connectivity index (χ1n) is 0.289. The molecule has 2 nitrogen and oxygen atoms in total. The summed E-state index contributed by atoms with van der Waals surface area (Å²) in [4.78, 5) is 8.00. The fourth-order valence-corrected chi connectivity index (χ4v) is 0. The van der Waals surface area contributed by atoms with Crippen LogP contribution in [0.1, 0.15) is 2.85 Å². The van der Waals surface area contributed by atoms with Gasteiger partial charge in [0.1, 0.15) is 6.79 Å². The van der Waals surface area contributed by atoms with E-state index < -0.39 is 0 Å². The van der Waals surface area contributed by atoms with E-state index in [1.165, 1.54) is 0 Å². The molecule has 0 bridgehead atoms. The van der Waals surface area contributed by atoms with Crippen LogP contribution in [0.5, 0.6) is 0 Å². The Morgan fingerprint density at radius 3 is 1.50 bits per heavy atom. The summed E-state index contributed by atoms with van der Waals surface area (Å²) >= 11 is 0. The first-order valence-corrected chi connectivity index (χ1v) is 0.289. The normalized spacial score (nSPS) is 1.00. The van der Waals surface area contributed by atoms with Crippen LogP contribution in [0.15, 0.2) is 0 Å². The molecule has 0 aliphatic rings. The zero-order valence-corrected chi connectivity index (χ0v) is 3.94. The predicted molar refractivity (Wildman–Crippen MR) is 20.1 cm³/mol. The van der Waals surface area contributed by atoms with E-state index >= 15 is 0 Å². The molecule has 0 atom stereocenters. The molecule has 0 aliphatic heterocycles. The van der Waals surface area contributed by atoms with Gasteiger partial charge in [-0.1, -0.05) is 0 Å². The molecule has 0 aromatic rings. The summed E-state index contributed by atoms with van der Waals surface area (Å²) in [6.45, 7) is 2.00. The van der Waals surface area contributed by atoms with Gasteiger partial charge in [0.15, 0.2) is 0 Å². The summed E-state index contributed by atoms with van der Waals surface area (Å²) in [6.07, 6.45) is 0. The maximum atomic E-state index is 8.00. The fourth-order valence-electron chi connectivity index (χ4n) is 0. The SMILES string of the molecule is C=O.N.[H-].[H-].[Mg+2]. The van der Waals surface area contributed by atoms with Crippen molar-refractivity contribution < 1.29 is 7.65 Å². The minimum Gasteiger partial charge on any atom is -1.00 e. The van der Waals surface area contributed by atoms with E-state index in [2.05, 4.69) is 0 Å². The van der Waals surface area contributed by atoms with Crippen LogP contribution in [0.25, 0.3) is 0 Å². The molecule has 0 fully saturated rings. The zero-order valence-electron chi connectivity index (χ0n) is 4.53. The van der Waals surface area contributed by atoms with Gasteiger partial charge in [-0.3, -0.25) is 0 Å². The van der Waals surface area contributed by atoms with E-state index in [1.807, 2.05) is 6.79 Å². The van der Waals surface area contributed by atoms with Gasteiger partial charge in [0.05, 0.1) is 0 Å². The second-order valence-corrected chi connectivity index (χ2v) is 0. The van der Waals surface area contributed by atoms with E-state index in [4.69, 9.17) is 4.79 Å². The van der Waals surface area contributed by atoms with Crippen molar-refractivity contribution in [2.45, 2.75) is 0 Å². The summed E-state index contributed by atoms with van der Waals surface area (Å²) < 4.78 is 0. The number of hydrogen-bond acceptors (Lipinski definition) is 2. The van der Waals surface area contributed by atoms with Crippen LogP contribution >= 0.6 is 0 Å². The molecule has 3 N–H and O–H groups in total. The Bertz CT molecular complexity index is 13.5. The van der Waals surface area contributed by atoms with Crippen LogP contribution < -0.4 is 6.15 Å². The maximum Gasteiger partial charge on any atom is 2.00 e. The van der Waals surface area contributed by atoms with Gasteiger partial charge in [-0.05, 0) is 0 Å². The molecule has 0 unspecified atom stereocenters. The van der Waals surface area contributed by atoms with Gasteiger partial charge in [0, 0.05) is 0 Å². The van der Waals surface area contributed by atoms with Crippen LogP contribution in [-0.4, -0.2) is 29.8 Å². The molecule has 0 radical (unpaired) electrons. The third-order valence-electron chi connectivity index (χ3n) is 0. The molecule has 0 aromatic heterocycles. The van der Waals surface area contributed by atoms with Crippen LogP contribution in [0.3, 0.4) is 0 Å². The number of hydrogen-bond donors (Lipinski definition) is 1. The predicted octanol–water partition coefficient (Wildman–Crippen LogP) is -0.179. The van der Waals surface area contributed by atoms with E-state index in [0.717, 1.165) is 0 Å². The molecular formula is CH7MgNO. The quantitative estimate of drug-likeness (QED) is 0.405. The maximum absolute atomic E-state index is 8.00. The van der Waals surface area contributed by atoms with Crippen molar-refractivity contribution >= 4 is 29.8 Å². The smallest absolute Gasteiger partial charge is 1.00 e. The summed E-state index contributed by atoms with van der Waals surface area (Å²) in [6, 6.07) is 0. The molecule has 0 rings (SSSR count). The Morgan fingerprint density at radius 2 is 1.50 bits per heavy atom. The summed E-state index contributed by atoms with van der Waals surface area (Å²) in [7, 11) is 0. The Balaban J connectivity index is -0.000000000833. The standard InChI is InChI=1S/CH2O.Mg.H3N.2H/c1-2;;;;/h1H2;;1H3;;/q;+2;;2*-1. The second-order valence-electron chi connectivity index (χ2n) is 0. The van der Waals surface area contributed by atoms with Crippen molar-refractivity contribution in [1.82, 2.24) is 6.15 Å². The molecule has 24 valence electrons. The van der Waals surface area contributed by atoms with Crippen molar-refractivity contribution in [1.29, 1.82) is 0 Å². The van der Waals surface area contributed by atoms with Crippen LogP contribution in [0, 0.1) is 0 Å². The van der Waals surface area contributed by atoms with Crippen molar-refractivity contribution in [3.8, 4) is 0 Å². The van der Waals surface area contributed by atoms with Gasteiger partial charge in [-0.15, -0.1) is 0 Å². The average molecular weight is 73.4 g/mol. The molecule has 0 amide bonds. The minimum atomic E-state index is 0. The Morgan fingerprint density at radius 1 is 1.50 bits per heavy atom. The molecule has 3 heteroatoms. The van der Waals surface area contributed by atoms with Crippen molar-refractivity contribution in [2.75, 3.05) is 0 Å². The Kier molecular flexibility index (Phi) is 808. The molecule has 0 heterocycles. The van der Waals surface area contributed by atoms with Crippen LogP contribution in [-0.2, 0) is 4.79 Å². The number of carbonyl (C=O) groups excluding carboxylic acids is 1. The Labute approximate surface area is 44.3 Å². The van der Waals surface area contributed by atoms with E-state index in [-0.39, 0.29) is 32.1 Å². The first-order chi connectivity index (χ1) is 1.00. The fraction of sp³-hybridized carbons (Fsp3) is 0. The first kappa shape index (κ1) is 26.0. The molecule has 0 saturated carbocycles. The third kappa shape index (κ3) is 29.8. The van der Waals surface area contributed by atoms with Crippen LogP contribution in [0.4, 0.5) is 0 Å². The van der Waals surface area contributed by atoms with E-state index in [1.54, 1.807) is 0 Å². The zero-order chi connectivity index (χ0) is 2.00. The topological polar surface area (TPSA) is 52.1 Å². The van der Waals surface area contributed by atoms with E-state index in [0.29, 0.717) is 0 Å².